The van der Waals surface area contributed by atoms with E-state index in [-0.39, 0.29) is 11.5 Å². The second-order valence-corrected chi connectivity index (χ2v) is 8.67. The zero-order valence-electron chi connectivity index (χ0n) is 16.9. The van der Waals surface area contributed by atoms with E-state index in [9.17, 15) is 0 Å². The zero-order chi connectivity index (χ0) is 20.1. The molecular weight excluding hydrogens is 380 g/mol. The molecule has 0 unspecified atom stereocenters. The van der Waals surface area contributed by atoms with Crippen molar-refractivity contribution in [2.45, 2.75) is 31.7 Å². The Morgan fingerprint density at radius 3 is 2.93 bits per heavy atom. The second kappa shape index (κ2) is 6.88. The summed E-state index contributed by atoms with van der Waals surface area (Å²) < 4.78 is 5.64. The summed E-state index contributed by atoms with van der Waals surface area (Å²) in [6.45, 7) is 4.20. The molecule has 3 N–H and O–H groups in total. The minimum Gasteiger partial charge on any atom is -0.379 e. The van der Waals surface area contributed by atoms with Crippen LogP contribution in [0.5, 0.6) is 0 Å². The Bertz CT molecular complexity index is 1070. The smallest absolute Gasteiger partial charge is 0.183 e. The monoisotopic (exact) mass is 406 g/mol. The molecule has 0 aromatic carbocycles. The molecule has 2 fully saturated rings. The number of nitrogens with two attached hydrogens (primary N) is 1. The van der Waals surface area contributed by atoms with E-state index in [0.717, 1.165) is 86.1 Å². The summed E-state index contributed by atoms with van der Waals surface area (Å²) in [6.07, 6.45) is 7.82. The van der Waals surface area contributed by atoms with Gasteiger partial charge in [0.05, 0.1) is 30.8 Å². The van der Waals surface area contributed by atoms with Crippen molar-refractivity contribution in [3.05, 3.63) is 30.2 Å². The summed E-state index contributed by atoms with van der Waals surface area (Å²) in [7, 11) is 0. The number of fused-ring (bicyclic) bond motifs is 2. The van der Waals surface area contributed by atoms with Crippen molar-refractivity contribution in [1.82, 2.24) is 25.1 Å². The van der Waals surface area contributed by atoms with Gasteiger partial charge in [-0.1, -0.05) is 0 Å². The normalized spacial score (nSPS) is 23.3. The minimum absolute atomic E-state index is 0.130. The van der Waals surface area contributed by atoms with Crippen molar-refractivity contribution in [1.29, 1.82) is 0 Å². The standard InChI is InChI=1S/C21H26N8O/c22-16-12-30-13-21(16)5-9-28(10-6-21)17-11-24-18-19(25-17)26-27-20(18)29-8-2-3-14-15(29)4-1-7-23-14/h1,4,7,11,16H,2-3,5-6,8-10,12-13,22H2,(H,25,26,27)/t16-/m1/s1. The molecule has 6 rings (SSSR count). The van der Waals surface area contributed by atoms with Gasteiger partial charge in [0.15, 0.2) is 17.0 Å². The third-order valence-electron chi connectivity index (χ3n) is 7.00. The topological polar surface area (TPSA) is 109 Å². The van der Waals surface area contributed by atoms with Gasteiger partial charge < -0.3 is 20.3 Å². The molecule has 0 saturated carbocycles. The van der Waals surface area contributed by atoms with Gasteiger partial charge in [-0.25, -0.2) is 9.97 Å². The van der Waals surface area contributed by atoms with Gasteiger partial charge in [0.1, 0.15) is 5.82 Å². The first-order valence-corrected chi connectivity index (χ1v) is 10.7. The highest BCUT2D eigenvalue weighted by Crippen LogP contribution is 2.39. The summed E-state index contributed by atoms with van der Waals surface area (Å²) in [4.78, 5) is 18.6. The van der Waals surface area contributed by atoms with E-state index in [1.165, 1.54) is 0 Å². The highest BCUT2D eigenvalue weighted by Gasteiger charge is 2.44. The Morgan fingerprint density at radius 1 is 1.20 bits per heavy atom. The lowest BCUT2D eigenvalue weighted by atomic mass is 9.75. The van der Waals surface area contributed by atoms with Crippen molar-refractivity contribution in [3.8, 4) is 0 Å². The third kappa shape index (κ3) is 2.76. The number of nitrogens with one attached hydrogen (secondary N) is 1. The molecule has 0 aliphatic carbocycles. The van der Waals surface area contributed by atoms with E-state index in [4.69, 9.17) is 20.4 Å². The maximum Gasteiger partial charge on any atom is 0.183 e. The van der Waals surface area contributed by atoms with Gasteiger partial charge in [0.25, 0.3) is 0 Å². The third-order valence-corrected chi connectivity index (χ3v) is 7.00. The van der Waals surface area contributed by atoms with Gasteiger partial charge in [0, 0.05) is 37.3 Å². The number of aryl methyl sites for hydroxylation is 1. The van der Waals surface area contributed by atoms with Crippen molar-refractivity contribution in [2.75, 3.05) is 42.6 Å². The number of pyridine rings is 1. The molecule has 3 aromatic heterocycles. The van der Waals surface area contributed by atoms with Crippen molar-refractivity contribution in [2.24, 2.45) is 11.1 Å². The van der Waals surface area contributed by atoms with Crippen molar-refractivity contribution >= 4 is 28.5 Å². The molecule has 0 bridgehead atoms. The van der Waals surface area contributed by atoms with E-state index in [1.807, 2.05) is 18.5 Å². The highest BCUT2D eigenvalue weighted by molar-refractivity contribution is 5.87. The van der Waals surface area contributed by atoms with Crippen LogP contribution >= 0.6 is 0 Å². The van der Waals surface area contributed by atoms with Crippen LogP contribution in [0.15, 0.2) is 24.5 Å². The summed E-state index contributed by atoms with van der Waals surface area (Å²) in [6, 6.07) is 4.22. The molecule has 2 saturated heterocycles. The molecule has 3 aromatic rings. The van der Waals surface area contributed by atoms with Crippen molar-refractivity contribution in [3.63, 3.8) is 0 Å². The molecular formula is C21H26N8O. The molecule has 6 heterocycles. The molecule has 1 atom stereocenters. The number of rotatable bonds is 2. The van der Waals surface area contributed by atoms with E-state index < -0.39 is 0 Å². The molecule has 156 valence electrons. The highest BCUT2D eigenvalue weighted by atomic mass is 16.5. The van der Waals surface area contributed by atoms with Gasteiger partial charge in [-0.2, -0.15) is 5.10 Å². The SMILES string of the molecule is N[C@@H]1COCC12CCN(c1cnc3c(N4CCCc5ncccc54)n[nH]c3n1)CC2. The van der Waals surface area contributed by atoms with Crippen LogP contribution in [0, 0.1) is 5.41 Å². The Hall–Kier alpha value is -2.78. The summed E-state index contributed by atoms with van der Waals surface area (Å²) in [5.41, 5.74) is 10.2. The van der Waals surface area contributed by atoms with E-state index in [2.05, 4.69) is 31.0 Å². The first-order chi connectivity index (χ1) is 14.7. The number of hydrogen-bond acceptors (Lipinski definition) is 8. The quantitative estimate of drug-likeness (QED) is 0.663. The molecule has 1 spiro atoms. The van der Waals surface area contributed by atoms with Crippen LogP contribution in [0.25, 0.3) is 11.2 Å². The predicted octanol–water partition coefficient (Wildman–Crippen LogP) is 1.78. The molecule has 0 amide bonds. The fourth-order valence-corrected chi connectivity index (χ4v) is 5.10. The molecule has 30 heavy (non-hydrogen) atoms. The molecule has 3 aliphatic heterocycles. The fraction of sp³-hybridized carbons (Fsp3) is 0.524. The van der Waals surface area contributed by atoms with E-state index in [1.54, 1.807) is 0 Å². The molecule has 9 nitrogen and oxygen atoms in total. The van der Waals surface area contributed by atoms with Gasteiger partial charge in [0.2, 0.25) is 0 Å². The lowest BCUT2D eigenvalue weighted by Gasteiger charge is -2.41. The number of anilines is 3. The maximum atomic E-state index is 6.32. The average molecular weight is 406 g/mol. The Balaban J connectivity index is 1.27. The van der Waals surface area contributed by atoms with Crippen LogP contribution in [-0.4, -0.2) is 64.0 Å². The van der Waals surface area contributed by atoms with Crippen LogP contribution in [0.3, 0.4) is 0 Å². The largest absolute Gasteiger partial charge is 0.379 e. The lowest BCUT2D eigenvalue weighted by molar-refractivity contribution is 0.131. The van der Waals surface area contributed by atoms with E-state index >= 15 is 0 Å². The first kappa shape index (κ1) is 18.0. The molecule has 0 radical (unpaired) electrons. The summed E-state index contributed by atoms with van der Waals surface area (Å²) in [5, 5.41) is 7.67. The van der Waals surface area contributed by atoms with Crippen molar-refractivity contribution < 1.29 is 4.74 Å². The number of nitrogens with zero attached hydrogens (tertiary/aromatic N) is 6. The fourth-order valence-electron chi connectivity index (χ4n) is 5.10. The molecule has 9 heteroatoms. The number of H-pyrrole nitrogens is 1. The number of hydrogen-bond donors (Lipinski definition) is 2. The number of aromatic amines is 1. The van der Waals surface area contributed by atoms with Crippen LogP contribution < -0.4 is 15.5 Å². The van der Waals surface area contributed by atoms with Gasteiger partial charge in [-0.05, 0) is 37.8 Å². The van der Waals surface area contributed by atoms with Crippen LogP contribution in [0.2, 0.25) is 0 Å². The Labute approximate surface area is 174 Å². The molecule has 3 aliphatic rings. The van der Waals surface area contributed by atoms with E-state index in [0.29, 0.717) is 6.61 Å². The second-order valence-electron chi connectivity index (χ2n) is 8.67. The predicted molar refractivity (Wildman–Crippen MR) is 114 cm³/mol. The minimum atomic E-state index is 0.130. The van der Waals surface area contributed by atoms with Crippen LogP contribution in [-0.2, 0) is 11.2 Å². The summed E-state index contributed by atoms with van der Waals surface area (Å²) >= 11 is 0. The van der Waals surface area contributed by atoms with Crippen LogP contribution in [0.4, 0.5) is 17.3 Å². The lowest BCUT2D eigenvalue weighted by Crippen LogP contribution is -2.49. The number of piperidine rings is 1. The average Bonchev–Trinajstić information content (AvgIpc) is 3.37. The first-order valence-electron chi connectivity index (χ1n) is 10.7. The Morgan fingerprint density at radius 2 is 2.10 bits per heavy atom. The summed E-state index contributed by atoms with van der Waals surface area (Å²) in [5.74, 6) is 1.71. The number of aromatic nitrogens is 5. The van der Waals surface area contributed by atoms with Gasteiger partial charge in [-0.15, -0.1) is 0 Å². The van der Waals surface area contributed by atoms with Crippen LogP contribution in [0.1, 0.15) is 25.0 Å². The van der Waals surface area contributed by atoms with Gasteiger partial charge >= 0.3 is 0 Å². The maximum absolute atomic E-state index is 6.32. The number of ether oxygens (including phenoxy) is 1. The Kier molecular flexibility index (Phi) is 4.14. The van der Waals surface area contributed by atoms with Gasteiger partial charge in [-0.3, -0.25) is 10.1 Å². The zero-order valence-corrected chi connectivity index (χ0v) is 16.9.